The van der Waals surface area contributed by atoms with E-state index in [1.807, 2.05) is 7.05 Å². The van der Waals surface area contributed by atoms with Gasteiger partial charge < -0.3 is 15.0 Å². The van der Waals surface area contributed by atoms with Gasteiger partial charge in [0.25, 0.3) is 0 Å². The standard InChI is InChI=1S/C13H19FN2O2.ClH/c1-15-8-4-5-13(17)16(2)10-6-7-12(18-3)11(14)9-10;/h6-7,9,15H,4-5,8H2,1-3H3;1H. The molecule has 0 radical (unpaired) electrons. The predicted molar refractivity (Wildman–Crippen MR) is 76.8 cm³/mol. The van der Waals surface area contributed by atoms with Crippen LogP contribution in [0.5, 0.6) is 5.75 Å². The van der Waals surface area contributed by atoms with Gasteiger partial charge in [-0.25, -0.2) is 4.39 Å². The summed E-state index contributed by atoms with van der Waals surface area (Å²) in [5.74, 6) is -0.325. The number of nitrogens with zero attached hydrogens (tertiary/aromatic N) is 1. The lowest BCUT2D eigenvalue weighted by Crippen LogP contribution is -2.26. The smallest absolute Gasteiger partial charge is 0.226 e. The van der Waals surface area contributed by atoms with E-state index in [1.54, 1.807) is 13.1 Å². The van der Waals surface area contributed by atoms with Gasteiger partial charge in [-0.05, 0) is 32.1 Å². The monoisotopic (exact) mass is 290 g/mol. The Balaban J connectivity index is 0.00000324. The van der Waals surface area contributed by atoms with E-state index >= 15 is 0 Å². The molecule has 0 heterocycles. The summed E-state index contributed by atoms with van der Waals surface area (Å²) in [7, 11) is 4.89. The van der Waals surface area contributed by atoms with Crippen molar-refractivity contribution in [2.75, 3.05) is 32.6 Å². The highest BCUT2D eigenvalue weighted by Crippen LogP contribution is 2.23. The number of anilines is 1. The zero-order valence-electron chi connectivity index (χ0n) is 11.4. The average molecular weight is 291 g/mol. The number of carbonyl (C=O) groups is 1. The van der Waals surface area contributed by atoms with E-state index in [1.165, 1.54) is 24.1 Å². The number of benzene rings is 1. The maximum atomic E-state index is 13.5. The summed E-state index contributed by atoms with van der Waals surface area (Å²) in [6.45, 7) is 0.788. The fraction of sp³-hybridized carbons (Fsp3) is 0.462. The van der Waals surface area contributed by atoms with Gasteiger partial charge in [0, 0.05) is 25.2 Å². The molecule has 19 heavy (non-hydrogen) atoms. The SMILES string of the molecule is CNCCCC(=O)N(C)c1ccc(OC)c(F)c1.Cl. The number of amides is 1. The maximum Gasteiger partial charge on any atom is 0.226 e. The summed E-state index contributed by atoms with van der Waals surface area (Å²) in [5.41, 5.74) is 0.530. The van der Waals surface area contributed by atoms with E-state index in [9.17, 15) is 9.18 Å². The van der Waals surface area contributed by atoms with E-state index in [0.717, 1.165) is 13.0 Å². The second kappa shape index (κ2) is 8.72. The molecule has 0 saturated carbocycles. The molecule has 0 aliphatic heterocycles. The highest BCUT2D eigenvalue weighted by molar-refractivity contribution is 5.92. The number of hydrogen-bond acceptors (Lipinski definition) is 3. The first-order valence-corrected chi connectivity index (χ1v) is 5.85. The van der Waals surface area contributed by atoms with Crippen LogP contribution in [0.3, 0.4) is 0 Å². The Bertz CT molecular complexity index is 416. The number of ether oxygens (including phenoxy) is 1. The Morgan fingerprint density at radius 1 is 1.47 bits per heavy atom. The van der Waals surface area contributed by atoms with E-state index in [-0.39, 0.29) is 24.1 Å². The van der Waals surface area contributed by atoms with Crippen molar-refractivity contribution < 1.29 is 13.9 Å². The molecule has 0 spiro atoms. The van der Waals surface area contributed by atoms with E-state index in [4.69, 9.17) is 4.74 Å². The molecule has 1 aromatic rings. The van der Waals surface area contributed by atoms with Gasteiger partial charge in [-0.3, -0.25) is 4.79 Å². The molecular weight excluding hydrogens is 271 g/mol. The molecule has 108 valence electrons. The minimum atomic E-state index is -0.468. The Morgan fingerprint density at radius 2 is 2.16 bits per heavy atom. The third-order valence-electron chi connectivity index (χ3n) is 2.71. The molecule has 0 saturated heterocycles. The fourth-order valence-corrected chi connectivity index (χ4v) is 1.59. The number of hydrogen-bond donors (Lipinski definition) is 1. The van der Waals surface area contributed by atoms with Crippen LogP contribution in [0.15, 0.2) is 18.2 Å². The summed E-state index contributed by atoms with van der Waals surface area (Å²) in [4.78, 5) is 13.3. The zero-order chi connectivity index (χ0) is 13.5. The highest BCUT2D eigenvalue weighted by Gasteiger charge is 2.12. The van der Waals surface area contributed by atoms with Gasteiger partial charge in [-0.2, -0.15) is 0 Å². The van der Waals surface area contributed by atoms with Crippen LogP contribution in [0, 0.1) is 5.82 Å². The van der Waals surface area contributed by atoms with Gasteiger partial charge in [0.15, 0.2) is 11.6 Å². The highest BCUT2D eigenvalue weighted by atomic mass is 35.5. The fourth-order valence-electron chi connectivity index (χ4n) is 1.59. The predicted octanol–water partition coefficient (Wildman–Crippen LogP) is 2.22. The largest absolute Gasteiger partial charge is 0.494 e. The average Bonchev–Trinajstić information content (AvgIpc) is 2.38. The van der Waals surface area contributed by atoms with Gasteiger partial charge >= 0.3 is 0 Å². The first kappa shape index (κ1) is 17.7. The van der Waals surface area contributed by atoms with Crippen molar-refractivity contribution in [2.24, 2.45) is 0 Å². The van der Waals surface area contributed by atoms with E-state index in [2.05, 4.69) is 5.32 Å². The zero-order valence-corrected chi connectivity index (χ0v) is 12.2. The van der Waals surface area contributed by atoms with Crippen molar-refractivity contribution >= 4 is 24.0 Å². The molecule has 1 amide bonds. The van der Waals surface area contributed by atoms with Crippen molar-refractivity contribution in [3.63, 3.8) is 0 Å². The van der Waals surface area contributed by atoms with E-state index < -0.39 is 5.82 Å². The molecule has 0 atom stereocenters. The quantitative estimate of drug-likeness (QED) is 0.817. The van der Waals surface area contributed by atoms with Crippen molar-refractivity contribution in [3.05, 3.63) is 24.0 Å². The summed E-state index contributed by atoms with van der Waals surface area (Å²) in [6, 6.07) is 4.48. The van der Waals surface area contributed by atoms with Gasteiger partial charge in [0.2, 0.25) is 5.91 Å². The van der Waals surface area contributed by atoms with Crippen molar-refractivity contribution in [2.45, 2.75) is 12.8 Å². The number of halogens is 2. The molecule has 0 aromatic heterocycles. The van der Waals surface area contributed by atoms with Gasteiger partial charge in [-0.1, -0.05) is 0 Å². The van der Waals surface area contributed by atoms with Crippen LogP contribution < -0.4 is 15.0 Å². The Morgan fingerprint density at radius 3 is 2.68 bits per heavy atom. The molecule has 0 aliphatic rings. The molecular formula is C13H20ClFN2O2. The second-order valence-corrected chi connectivity index (χ2v) is 3.98. The molecule has 1 rings (SSSR count). The first-order chi connectivity index (χ1) is 8.60. The van der Waals surface area contributed by atoms with Crippen LogP contribution >= 0.6 is 12.4 Å². The molecule has 1 aromatic carbocycles. The van der Waals surface area contributed by atoms with Gasteiger partial charge in [-0.15, -0.1) is 12.4 Å². The topological polar surface area (TPSA) is 41.6 Å². The van der Waals surface area contributed by atoms with Gasteiger partial charge in [0.05, 0.1) is 7.11 Å². The third-order valence-corrected chi connectivity index (χ3v) is 2.71. The number of nitrogens with one attached hydrogen (secondary N) is 1. The number of methoxy groups -OCH3 is 1. The summed E-state index contributed by atoms with van der Waals surface area (Å²) in [5, 5.41) is 2.98. The van der Waals surface area contributed by atoms with Gasteiger partial charge in [0.1, 0.15) is 0 Å². The van der Waals surface area contributed by atoms with Crippen LogP contribution in [0.25, 0.3) is 0 Å². The summed E-state index contributed by atoms with van der Waals surface area (Å²) < 4.78 is 18.3. The maximum absolute atomic E-state index is 13.5. The third kappa shape index (κ3) is 5.04. The Kier molecular flexibility index (Phi) is 8.11. The van der Waals surface area contributed by atoms with E-state index in [0.29, 0.717) is 12.1 Å². The lowest BCUT2D eigenvalue weighted by molar-refractivity contribution is -0.118. The molecule has 0 unspecified atom stereocenters. The summed E-state index contributed by atoms with van der Waals surface area (Å²) >= 11 is 0. The minimum Gasteiger partial charge on any atom is -0.494 e. The van der Waals surface area contributed by atoms with Crippen LogP contribution in [0.4, 0.5) is 10.1 Å². The molecule has 1 N–H and O–H groups in total. The minimum absolute atomic E-state index is 0. The van der Waals surface area contributed by atoms with Crippen molar-refractivity contribution in [1.82, 2.24) is 5.32 Å². The first-order valence-electron chi connectivity index (χ1n) is 5.85. The van der Waals surface area contributed by atoms with Crippen LogP contribution in [0.2, 0.25) is 0 Å². The van der Waals surface area contributed by atoms with Crippen molar-refractivity contribution in [1.29, 1.82) is 0 Å². The molecule has 0 bridgehead atoms. The Hall–Kier alpha value is -1.33. The molecule has 6 heteroatoms. The lowest BCUT2D eigenvalue weighted by atomic mass is 10.2. The molecule has 0 aliphatic carbocycles. The lowest BCUT2D eigenvalue weighted by Gasteiger charge is -2.18. The summed E-state index contributed by atoms with van der Waals surface area (Å²) in [6.07, 6.45) is 1.20. The van der Waals surface area contributed by atoms with Crippen LogP contribution in [0.1, 0.15) is 12.8 Å². The molecule has 0 fully saturated rings. The normalized spacial score (nSPS) is 9.68. The van der Waals surface area contributed by atoms with Crippen LogP contribution in [-0.4, -0.2) is 33.7 Å². The number of carbonyl (C=O) groups excluding carboxylic acids is 1. The molecule has 4 nitrogen and oxygen atoms in total. The number of rotatable bonds is 6. The second-order valence-electron chi connectivity index (χ2n) is 3.98. The van der Waals surface area contributed by atoms with Crippen molar-refractivity contribution in [3.8, 4) is 5.75 Å². The van der Waals surface area contributed by atoms with Crippen LogP contribution in [-0.2, 0) is 4.79 Å². The Labute approximate surface area is 119 Å².